The maximum Gasteiger partial charge on any atom is 0.121 e. The summed E-state index contributed by atoms with van der Waals surface area (Å²) in [6, 6.07) is 8.14. The van der Waals surface area contributed by atoms with E-state index in [9.17, 15) is 0 Å². The van der Waals surface area contributed by atoms with Crippen LogP contribution in [-0.2, 0) is 0 Å². The highest BCUT2D eigenvalue weighted by Crippen LogP contribution is 2.22. The number of anilines is 1. The summed E-state index contributed by atoms with van der Waals surface area (Å²) in [4.78, 5) is 4.70. The lowest BCUT2D eigenvalue weighted by Crippen LogP contribution is -2.52. The smallest absolute Gasteiger partial charge is 0.121 e. The van der Waals surface area contributed by atoms with E-state index in [2.05, 4.69) is 35.3 Å². The largest absolute Gasteiger partial charge is 0.497 e. The molecule has 1 aliphatic rings. The number of nitrogens with zero attached hydrogens (tertiary/aromatic N) is 3. The van der Waals surface area contributed by atoms with Crippen molar-refractivity contribution in [2.24, 2.45) is 0 Å². The van der Waals surface area contributed by atoms with Gasteiger partial charge in [0, 0.05) is 38.3 Å². The van der Waals surface area contributed by atoms with Crippen LogP contribution in [0.1, 0.15) is 5.56 Å². The van der Waals surface area contributed by atoms with E-state index < -0.39 is 0 Å². The van der Waals surface area contributed by atoms with Crippen LogP contribution in [0.5, 0.6) is 5.75 Å². The molecule has 1 unspecified atom stereocenters. The Morgan fingerprint density at radius 2 is 2.20 bits per heavy atom. The molecule has 0 aromatic heterocycles. The van der Waals surface area contributed by atoms with Gasteiger partial charge in [0.15, 0.2) is 0 Å². The average Bonchev–Trinajstić information content (AvgIpc) is 2.47. The molecule has 1 heterocycles. The predicted molar refractivity (Wildman–Crippen MR) is 80.1 cm³/mol. The van der Waals surface area contributed by atoms with Crippen LogP contribution in [0.4, 0.5) is 5.69 Å². The van der Waals surface area contributed by atoms with Crippen LogP contribution < -0.4 is 10.1 Å². The molecule has 5 nitrogen and oxygen atoms in total. The summed E-state index contributed by atoms with van der Waals surface area (Å²) in [6.07, 6.45) is 0. The van der Waals surface area contributed by atoms with E-state index >= 15 is 0 Å². The highest BCUT2D eigenvalue weighted by Gasteiger charge is 2.22. The van der Waals surface area contributed by atoms with Gasteiger partial charge in [-0.15, -0.1) is 0 Å². The number of likely N-dealkylation sites (N-methyl/N-ethyl adjacent to an activating group) is 2. The molecule has 0 bridgehead atoms. The Kier molecular flexibility index (Phi) is 4.83. The van der Waals surface area contributed by atoms with E-state index in [0.717, 1.165) is 37.6 Å². The number of rotatable bonds is 4. The van der Waals surface area contributed by atoms with Crippen LogP contribution in [0, 0.1) is 11.3 Å². The van der Waals surface area contributed by atoms with Gasteiger partial charge < -0.3 is 15.0 Å². The number of nitriles is 1. The summed E-state index contributed by atoms with van der Waals surface area (Å²) in [5.41, 5.74) is 1.49. The third kappa shape index (κ3) is 3.41. The Balaban J connectivity index is 2.04. The van der Waals surface area contributed by atoms with Gasteiger partial charge in [0.05, 0.1) is 18.4 Å². The van der Waals surface area contributed by atoms with E-state index in [1.54, 1.807) is 13.2 Å². The molecule has 1 aliphatic heterocycles. The standard InChI is InChI=1S/C15H22N4O/c1-18-6-7-19(2)13(11-18)10-17-15-8-14(20-3)5-4-12(15)9-16/h4-5,8,13,17H,6-7,10-11H2,1-3H3. The molecule has 2 rings (SSSR count). The third-order valence-corrected chi connectivity index (χ3v) is 3.86. The van der Waals surface area contributed by atoms with Crippen molar-refractivity contribution in [3.8, 4) is 11.8 Å². The minimum Gasteiger partial charge on any atom is -0.497 e. The Hall–Kier alpha value is -1.77. The van der Waals surface area contributed by atoms with Gasteiger partial charge in [-0.05, 0) is 26.2 Å². The number of nitrogens with one attached hydrogen (secondary N) is 1. The quantitative estimate of drug-likeness (QED) is 0.895. The molecule has 0 radical (unpaired) electrons. The summed E-state index contributed by atoms with van der Waals surface area (Å²) >= 11 is 0. The van der Waals surface area contributed by atoms with Crippen molar-refractivity contribution < 1.29 is 4.74 Å². The minimum absolute atomic E-state index is 0.450. The normalized spacial score (nSPS) is 20.4. The maximum absolute atomic E-state index is 9.16. The average molecular weight is 274 g/mol. The van der Waals surface area contributed by atoms with Crippen molar-refractivity contribution in [2.75, 3.05) is 52.7 Å². The van der Waals surface area contributed by atoms with Gasteiger partial charge in [-0.2, -0.15) is 5.26 Å². The fourth-order valence-electron chi connectivity index (χ4n) is 2.44. The molecule has 20 heavy (non-hydrogen) atoms. The van der Waals surface area contributed by atoms with E-state index in [1.807, 2.05) is 12.1 Å². The van der Waals surface area contributed by atoms with Crippen LogP contribution >= 0.6 is 0 Å². The van der Waals surface area contributed by atoms with Gasteiger partial charge in [0.1, 0.15) is 11.8 Å². The van der Waals surface area contributed by atoms with Crippen LogP contribution in [-0.4, -0.2) is 63.2 Å². The van der Waals surface area contributed by atoms with E-state index in [-0.39, 0.29) is 0 Å². The van der Waals surface area contributed by atoms with Gasteiger partial charge in [-0.3, -0.25) is 4.90 Å². The van der Waals surface area contributed by atoms with Gasteiger partial charge in [-0.25, -0.2) is 0 Å². The maximum atomic E-state index is 9.16. The summed E-state index contributed by atoms with van der Waals surface area (Å²) in [6.45, 7) is 4.04. The Morgan fingerprint density at radius 3 is 2.90 bits per heavy atom. The molecular formula is C15H22N4O. The lowest BCUT2D eigenvalue weighted by molar-refractivity contribution is 0.122. The lowest BCUT2D eigenvalue weighted by atomic mass is 10.1. The van der Waals surface area contributed by atoms with Crippen LogP contribution in [0.15, 0.2) is 18.2 Å². The van der Waals surface area contributed by atoms with Gasteiger partial charge in [0.25, 0.3) is 0 Å². The molecule has 0 aliphatic carbocycles. The first-order valence-electron chi connectivity index (χ1n) is 6.85. The van der Waals surface area contributed by atoms with Gasteiger partial charge in [0.2, 0.25) is 0 Å². The lowest BCUT2D eigenvalue weighted by Gasteiger charge is -2.37. The van der Waals surface area contributed by atoms with Crippen LogP contribution in [0.25, 0.3) is 0 Å². The van der Waals surface area contributed by atoms with Crippen molar-refractivity contribution in [3.63, 3.8) is 0 Å². The highest BCUT2D eigenvalue weighted by molar-refractivity contribution is 5.60. The molecule has 1 aromatic carbocycles. The van der Waals surface area contributed by atoms with Crippen LogP contribution in [0.2, 0.25) is 0 Å². The van der Waals surface area contributed by atoms with Crippen molar-refractivity contribution in [1.82, 2.24) is 9.80 Å². The van der Waals surface area contributed by atoms with Gasteiger partial charge >= 0.3 is 0 Å². The Morgan fingerprint density at radius 1 is 1.40 bits per heavy atom. The number of ether oxygens (including phenoxy) is 1. The monoisotopic (exact) mass is 274 g/mol. The molecule has 1 aromatic rings. The zero-order valence-electron chi connectivity index (χ0n) is 12.4. The molecule has 1 atom stereocenters. The Labute approximate surface area is 120 Å². The zero-order chi connectivity index (χ0) is 14.5. The van der Waals surface area contributed by atoms with Crippen molar-refractivity contribution in [1.29, 1.82) is 5.26 Å². The molecule has 0 spiro atoms. The second-order valence-electron chi connectivity index (χ2n) is 5.30. The second-order valence-corrected chi connectivity index (χ2v) is 5.30. The van der Waals surface area contributed by atoms with Gasteiger partial charge in [-0.1, -0.05) is 0 Å². The first-order valence-corrected chi connectivity index (χ1v) is 6.85. The number of piperazine rings is 1. The predicted octanol–water partition coefficient (Wildman–Crippen LogP) is 1.22. The van der Waals surface area contributed by atoms with Crippen molar-refractivity contribution >= 4 is 5.69 Å². The molecule has 0 saturated carbocycles. The number of hydrogen-bond donors (Lipinski definition) is 1. The third-order valence-electron chi connectivity index (χ3n) is 3.86. The molecule has 1 saturated heterocycles. The molecule has 1 N–H and O–H groups in total. The van der Waals surface area contributed by atoms with Crippen molar-refractivity contribution in [2.45, 2.75) is 6.04 Å². The minimum atomic E-state index is 0.450. The first kappa shape index (κ1) is 14.6. The number of methoxy groups -OCH3 is 1. The molecule has 108 valence electrons. The Bertz CT molecular complexity index is 497. The fourth-order valence-corrected chi connectivity index (χ4v) is 2.44. The topological polar surface area (TPSA) is 51.5 Å². The molecule has 0 amide bonds. The van der Waals surface area contributed by atoms with Crippen molar-refractivity contribution in [3.05, 3.63) is 23.8 Å². The SMILES string of the molecule is COc1ccc(C#N)c(NCC2CN(C)CCN2C)c1. The summed E-state index contributed by atoms with van der Waals surface area (Å²) < 4.78 is 5.22. The first-order chi connectivity index (χ1) is 9.63. The number of hydrogen-bond acceptors (Lipinski definition) is 5. The summed E-state index contributed by atoms with van der Waals surface area (Å²) in [5, 5.41) is 12.6. The van der Waals surface area contributed by atoms with E-state index in [1.165, 1.54) is 0 Å². The second kappa shape index (κ2) is 6.60. The van der Waals surface area contributed by atoms with E-state index in [0.29, 0.717) is 11.6 Å². The highest BCUT2D eigenvalue weighted by atomic mass is 16.5. The zero-order valence-corrected chi connectivity index (χ0v) is 12.4. The molecular weight excluding hydrogens is 252 g/mol. The summed E-state index contributed by atoms with van der Waals surface area (Å²) in [7, 11) is 5.93. The molecule has 1 fully saturated rings. The number of benzene rings is 1. The van der Waals surface area contributed by atoms with E-state index in [4.69, 9.17) is 10.00 Å². The fraction of sp³-hybridized carbons (Fsp3) is 0.533. The summed E-state index contributed by atoms with van der Waals surface area (Å²) in [5.74, 6) is 0.764. The molecule has 5 heteroatoms. The van der Waals surface area contributed by atoms with Crippen LogP contribution in [0.3, 0.4) is 0 Å².